The number of rotatable bonds is 7. The van der Waals surface area contributed by atoms with Crippen molar-refractivity contribution in [3.63, 3.8) is 0 Å². The third-order valence-electron chi connectivity index (χ3n) is 5.04. The molecule has 3 aromatic rings. The molecule has 35 heavy (non-hydrogen) atoms. The number of imide groups is 1. The zero-order valence-electron chi connectivity index (χ0n) is 18.9. The minimum absolute atomic E-state index is 0.206. The normalized spacial score (nSPS) is 14.4. The van der Waals surface area contributed by atoms with E-state index in [1.54, 1.807) is 48.5 Å². The summed E-state index contributed by atoms with van der Waals surface area (Å²) in [5.41, 5.74) is 2.82. The summed E-state index contributed by atoms with van der Waals surface area (Å²) in [7, 11) is 1.48. The van der Waals surface area contributed by atoms with Gasteiger partial charge < -0.3 is 14.8 Å². The van der Waals surface area contributed by atoms with Gasteiger partial charge in [0, 0.05) is 10.7 Å². The van der Waals surface area contributed by atoms with E-state index in [9.17, 15) is 14.4 Å². The molecule has 1 aliphatic heterocycles. The molecule has 4 rings (SSSR count). The highest BCUT2D eigenvalue weighted by Crippen LogP contribution is 2.37. The second-order valence-corrected chi connectivity index (χ2v) is 9.04. The number of amides is 3. The van der Waals surface area contributed by atoms with Gasteiger partial charge in [0.2, 0.25) is 0 Å². The molecule has 0 aromatic heterocycles. The third kappa shape index (κ3) is 5.85. The fourth-order valence-corrected chi connectivity index (χ4v) is 4.35. The molecule has 1 heterocycles. The van der Waals surface area contributed by atoms with Crippen LogP contribution < -0.4 is 19.7 Å². The summed E-state index contributed by atoms with van der Waals surface area (Å²) in [5.74, 6) is 0.00991. The first-order chi connectivity index (χ1) is 16.8. The average Bonchev–Trinajstić information content (AvgIpc) is 3.12. The van der Waals surface area contributed by atoms with Crippen molar-refractivity contribution in [2.75, 3.05) is 23.9 Å². The first-order valence-electron chi connectivity index (χ1n) is 10.5. The van der Waals surface area contributed by atoms with Crippen LogP contribution in [0.3, 0.4) is 0 Å². The Kier molecular flexibility index (Phi) is 7.43. The van der Waals surface area contributed by atoms with E-state index < -0.39 is 11.1 Å². The number of thioether (sulfide) groups is 1. The van der Waals surface area contributed by atoms with Crippen LogP contribution in [0.5, 0.6) is 11.5 Å². The van der Waals surface area contributed by atoms with Crippen LogP contribution in [0.2, 0.25) is 5.02 Å². The van der Waals surface area contributed by atoms with Gasteiger partial charge in [0.15, 0.2) is 18.1 Å². The number of carbonyl (C=O) groups is 3. The molecule has 178 valence electrons. The lowest BCUT2D eigenvalue weighted by Gasteiger charge is -2.12. The van der Waals surface area contributed by atoms with Crippen LogP contribution in [-0.2, 0) is 9.59 Å². The van der Waals surface area contributed by atoms with Gasteiger partial charge in [-0.15, -0.1) is 0 Å². The van der Waals surface area contributed by atoms with E-state index in [-0.39, 0.29) is 17.4 Å². The molecule has 0 bridgehead atoms. The van der Waals surface area contributed by atoms with Crippen molar-refractivity contribution >= 4 is 57.9 Å². The number of aryl methyl sites for hydroxylation is 1. The lowest BCUT2D eigenvalue weighted by Crippen LogP contribution is -2.27. The van der Waals surface area contributed by atoms with Crippen LogP contribution in [0.4, 0.5) is 16.2 Å². The summed E-state index contributed by atoms with van der Waals surface area (Å²) in [6.45, 7) is 1.76. The molecule has 1 fully saturated rings. The van der Waals surface area contributed by atoms with Crippen molar-refractivity contribution in [3.8, 4) is 11.5 Å². The first-order valence-corrected chi connectivity index (χ1v) is 11.7. The van der Waals surface area contributed by atoms with Crippen LogP contribution in [0, 0.1) is 6.92 Å². The number of anilines is 2. The molecule has 0 atom stereocenters. The fourth-order valence-electron chi connectivity index (χ4n) is 3.33. The Morgan fingerprint density at radius 3 is 2.54 bits per heavy atom. The minimum Gasteiger partial charge on any atom is -0.493 e. The van der Waals surface area contributed by atoms with Crippen molar-refractivity contribution in [3.05, 3.63) is 87.8 Å². The maximum Gasteiger partial charge on any atom is 0.298 e. The van der Waals surface area contributed by atoms with Crippen molar-refractivity contribution < 1.29 is 23.9 Å². The van der Waals surface area contributed by atoms with Gasteiger partial charge in [0.1, 0.15) is 0 Å². The van der Waals surface area contributed by atoms with Crippen molar-refractivity contribution in [2.45, 2.75) is 6.92 Å². The first kappa shape index (κ1) is 24.4. The summed E-state index contributed by atoms with van der Waals surface area (Å²) >= 11 is 6.84. The molecule has 3 aromatic carbocycles. The molecule has 1 saturated heterocycles. The molecule has 3 amide bonds. The molecule has 1 aliphatic rings. The van der Waals surface area contributed by atoms with Crippen LogP contribution in [0.1, 0.15) is 11.1 Å². The Bertz CT molecular complexity index is 1320. The fraction of sp³-hybridized carbons (Fsp3) is 0.115. The summed E-state index contributed by atoms with van der Waals surface area (Å²) in [5, 5.41) is 2.79. The van der Waals surface area contributed by atoms with E-state index in [4.69, 9.17) is 21.1 Å². The number of benzene rings is 3. The average molecular weight is 509 g/mol. The Hall–Kier alpha value is -3.75. The SMILES string of the molecule is COc1cc(/C=C2/SC(=O)N(c3cccc(Cl)c3)C2=O)ccc1OCC(=O)Nc1ccc(C)cc1. The van der Waals surface area contributed by atoms with Crippen molar-refractivity contribution in [2.24, 2.45) is 0 Å². The molecule has 0 radical (unpaired) electrons. The van der Waals surface area contributed by atoms with Gasteiger partial charge in [0.05, 0.1) is 17.7 Å². The Morgan fingerprint density at radius 1 is 1.06 bits per heavy atom. The number of methoxy groups -OCH3 is 1. The van der Waals surface area contributed by atoms with E-state index in [1.165, 1.54) is 7.11 Å². The van der Waals surface area contributed by atoms with Crippen LogP contribution in [-0.4, -0.2) is 30.8 Å². The minimum atomic E-state index is -0.436. The standard InChI is InChI=1S/C26H21ClN2O5S/c1-16-6-9-19(10-7-16)28-24(30)15-34-21-11-8-17(12-22(21)33-2)13-23-25(31)29(26(32)35-23)20-5-3-4-18(27)14-20/h3-14H,15H2,1-2H3,(H,28,30)/b23-13+. The van der Waals surface area contributed by atoms with Crippen LogP contribution >= 0.6 is 23.4 Å². The number of hydrogen-bond acceptors (Lipinski definition) is 6. The Balaban J connectivity index is 1.45. The van der Waals surface area contributed by atoms with Gasteiger partial charge in [-0.1, -0.05) is 41.4 Å². The van der Waals surface area contributed by atoms with Crippen molar-refractivity contribution in [1.82, 2.24) is 0 Å². The molecule has 0 saturated carbocycles. The summed E-state index contributed by atoms with van der Waals surface area (Å²) in [6, 6.07) is 19.0. The van der Waals surface area contributed by atoms with Crippen LogP contribution in [0.15, 0.2) is 71.6 Å². The lowest BCUT2D eigenvalue weighted by molar-refractivity contribution is -0.118. The van der Waals surface area contributed by atoms with Crippen molar-refractivity contribution in [1.29, 1.82) is 0 Å². The predicted molar refractivity (Wildman–Crippen MR) is 138 cm³/mol. The highest BCUT2D eigenvalue weighted by atomic mass is 35.5. The maximum absolute atomic E-state index is 12.9. The number of carbonyl (C=O) groups excluding carboxylic acids is 3. The van der Waals surface area contributed by atoms with Gasteiger partial charge in [-0.25, -0.2) is 4.90 Å². The molecule has 0 unspecified atom stereocenters. The topological polar surface area (TPSA) is 84.9 Å². The summed E-state index contributed by atoms with van der Waals surface area (Å²) < 4.78 is 11.0. The maximum atomic E-state index is 12.9. The molecule has 7 nitrogen and oxygen atoms in total. The molecular weight excluding hydrogens is 488 g/mol. The number of halogens is 1. The predicted octanol–water partition coefficient (Wildman–Crippen LogP) is 5.92. The zero-order valence-corrected chi connectivity index (χ0v) is 20.5. The van der Waals surface area contributed by atoms with Crippen LogP contribution in [0.25, 0.3) is 6.08 Å². The monoisotopic (exact) mass is 508 g/mol. The molecule has 9 heteroatoms. The Morgan fingerprint density at radius 2 is 1.83 bits per heavy atom. The largest absolute Gasteiger partial charge is 0.493 e. The van der Waals surface area contributed by atoms with E-state index in [1.807, 2.05) is 31.2 Å². The number of hydrogen-bond donors (Lipinski definition) is 1. The highest BCUT2D eigenvalue weighted by Gasteiger charge is 2.36. The second kappa shape index (κ2) is 10.7. The summed E-state index contributed by atoms with van der Waals surface area (Å²) in [6.07, 6.45) is 1.60. The van der Waals surface area contributed by atoms with E-state index in [0.717, 1.165) is 22.2 Å². The van der Waals surface area contributed by atoms with E-state index in [0.29, 0.717) is 33.5 Å². The van der Waals surface area contributed by atoms with Gasteiger partial charge in [-0.05, 0) is 72.8 Å². The quantitative estimate of drug-likeness (QED) is 0.399. The van der Waals surface area contributed by atoms with Gasteiger partial charge in [-0.2, -0.15) is 0 Å². The molecular formula is C26H21ClN2O5S. The zero-order chi connectivity index (χ0) is 24.9. The smallest absolute Gasteiger partial charge is 0.298 e. The van der Waals surface area contributed by atoms with Gasteiger partial charge in [-0.3, -0.25) is 14.4 Å². The van der Waals surface area contributed by atoms with E-state index >= 15 is 0 Å². The lowest BCUT2D eigenvalue weighted by atomic mass is 10.2. The van der Waals surface area contributed by atoms with Gasteiger partial charge in [0.25, 0.3) is 17.1 Å². The number of ether oxygens (including phenoxy) is 2. The second-order valence-electron chi connectivity index (χ2n) is 7.61. The Labute approximate surface area is 211 Å². The number of nitrogens with one attached hydrogen (secondary N) is 1. The number of nitrogens with zero attached hydrogens (tertiary/aromatic N) is 1. The van der Waals surface area contributed by atoms with E-state index in [2.05, 4.69) is 5.32 Å². The van der Waals surface area contributed by atoms with Gasteiger partial charge >= 0.3 is 0 Å². The molecule has 0 spiro atoms. The molecule has 1 N–H and O–H groups in total. The summed E-state index contributed by atoms with van der Waals surface area (Å²) in [4.78, 5) is 38.9. The molecule has 0 aliphatic carbocycles. The third-order valence-corrected chi connectivity index (χ3v) is 6.14. The highest BCUT2D eigenvalue weighted by molar-refractivity contribution is 8.19.